The third kappa shape index (κ3) is 3.13. The number of amides is 5. The van der Waals surface area contributed by atoms with Gasteiger partial charge in [-0.25, -0.2) is 0 Å². The number of hydrogen-bond donors (Lipinski definition) is 2. The van der Waals surface area contributed by atoms with Gasteiger partial charge in [0.1, 0.15) is 5.54 Å². The number of fused-ring (bicyclic) bond motifs is 1. The summed E-state index contributed by atoms with van der Waals surface area (Å²) in [6.45, 7) is 1.68. The number of rotatable bonds is 4. The molecule has 1 saturated heterocycles. The summed E-state index contributed by atoms with van der Waals surface area (Å²) in [6, 6.07) is 8.23. The fourth-order valence-electron chi connectivity index (χ4n) is 3.53. The SMILES string of the molecule is C[C@]1(N2C(=O)c3ccc(CNC(=O)c4cccs4)cc3C2=O)CCC(=O)NC1=O. The third-order valence-corrected chi connectivity index (χ3v) is 6.09. The standard InChI is InChI=1S/C20H17N3O5S/c1-20(7-6-15(24)22-19(20)28)23-17(26)12-5-4-11(9-13(12)18(23)27)10-21-16(25)14-3-2-8-29-14/h2-5,8-9H,6-7,10H2,1H3,(H,21,25)(H,22,24,28)/t20-/m0/s1. The van der Waals surface area contributed by atoms with Crippen molar-refractivity contribution in [1.29, 1.82) is 0 Å². The molecule has 9 heteroatoms. The van der Waals surface area contributed by atoms with Crippen LogP contribution in [-0.4, -0.2) is 40.0 Å². The van der Waals surface area contributed by atoms with E-state index in [2.05, 4.69) is 10.6 Å². The highest BCUT2D eigenvalue weighted by Gasteiger charge is 2.52. The number of nitrogens with one attached hydrogen (secondary N) is 2. The largest absolute Gasteiger partial charge is 0.347 e. The van der Waals surface area contributed by atoms with E-state index < -0.39 is 29.2 Å². The van der Waals surface area contributed by atoms with Crippen molar-refractivity contribution in [3.8, 4) is 0 Å². The van der Waals surface area contributed by atoms with Crippen LogP contribution in [0.4, 0.5) is 0 Å². The van der Waals surface area contributed by atoms with Crippen LogP contribution < -0.4 is 10.6 Å². The molecule has 1 aromatic carbocycles. The summed E-state index contributed by atoms with van der Waals surface area (Å²) in [5.74, 6) is -2.45. The second-order valence-corrected chi connectivity index (χ2v) is 8.08. The molecule has 2 aliphatic rings. The molecule has 0 aliphatic carbocycles. The average Bonchev–Trinajstić information content (AvgIpc) is 3.31. The van der Waals surface area contributed by atoms with E-state index in [4.69, 9.17) is 0 Å². The summed E-state index contributed by atoms with van der Waals surface area (Å²) in [4.78, 5) is 63.3. The van der Waals surface area contributed by atoms with E-state index in [1.807, 2.05) is 0 Å². The van der Waals surface area contributed by atoms with E-state index in [0.29, 0.717) is 10.4 Å². The summed E-state index contributed by atoms with van der Waals surface area (Å²) in [6.07, 6.45) is 0.127. The van der Waals surface area contributed by atoms with Crippen molar-refractivity contribution in [3.63, 3.8) is 0 Å². The van der Waals surface area contributed by atoms with Gasteiger partial charge in [-0.05, 0) is 42.5 Å². The molecule has 3 heterocycles. The van der Waals surface area contributed by atoms with Crippen molar-refractivity contribution < 1.29 is 24.0 Å². The van der Waals surface area contributed by atoms with Crippen LogP contribution in [0.15, 0.2) is 35.7 Å². The van der Waals surface area contributed by atoms with Crippen LogP contribution in [0.5, 0.6) is 0 Å². The van der Waals surface area contributed by atoms with Gasteiger partial charge < -0.3 is 5.32 Å². The molecular formula is C20H17N3O5S. The molecule has 148 valence electrons. The van der Waals surface area contributed by atoms with Crippen molar-refractivity contribution in [2.24, 2.45) is 0 Å². The number of carbonyl (C=O) groups excluding carboxylic acids is 5. The zero-order valence-electron chi connectivity index (χ0n) is 15.5. The van der Waals surface area contributed by atoms with Gasteiger partial charge in [0.05, 0.1) is 16.0 Å². The van der Waals surface area contributed by atoms with Crippen LogP contribution >= 0.6 is 11.3 Å². The maximum atomic E-state index is 13.0. The lowest BCUT2D eigenvalue weighted by molar-refractivity contribution is -0.140. The first-order valence-corrected chi connectivity index (χ1v) is 9.87. The fraction of sp³-hybridized carbons (Fsp3) is 0.250. The number of hydrogen-bond acceptors (Lipinski definition) is 6. The number of benzene rings is 1. The second-order valence-electron chi connectivity index (χ2n) is 7.14. The van der Waals surface area contributed by atoms with Gasteiger partial charge >= 0.3 is 0 Å². The van der Waals surface area contributed by atoms with Gasteiger partial charge in [0, 0.05) is 13.0 Å². The van der Waals surface area contributed by atoms with Crippen LogP contribution in [0.25, 0.3) is 0 Å². The Labute approximate surface area is 169 Å². The van der Waals surface area contributed by atoms with Crippen LogP contribution in [0.1, 0.15) is 55.7 Å². The van der Waals surface area contributed by atoms with Gasteiger partial charge in [-0.2, -0.15) is 0 Å². The van der Waals surface area contributed by atoms with Gasteiger partial charge in [-0.15, -0.1) is 11.3 Å². The zero-order chi connectivity index (χ0) is 20.8. The molecule has 1 fully saturated rings. The summed E-state index contributed by atoms with van der Waals surface area (Å²) in [5.41, 5.74) is -0.377. The predicted octanol–water partition coefficient (Wildman–Crippen LogP) is 1.47. The minimum Gasteiger partial charge on any atom is -0.347 e. The highest BCUT2D eigenvalue weighted by molar-refractivity contribution is 7.12. The quantitative estimate of drug-likeness (QED) is 0.740. The highest BCUT2D eigenvalue weighted by atomic mass is 32.1. The molecule has 29 heavy (non-hydrogen) atoms. The average molecular weight is 411 g/mol. The highest BCUT2D eigenvalue weighted by Crippen LogP contribution is 2.34. The van der Waals surface area contributed by atoms with E-state index in [-0.39, 0.29) is 36.4 Å². The Kier molecular flexibility index (Phi) is 4.54. The first-order valence-electron chi connectivity index (χ1n) is 8.99. The van der Waals surface area contributed by atoms with Crippen molar-refractivity contribution in [2.75, 3.05) is 0 Å². The molecule has 0 spiro atoms. The number of carbonyl (C=O) groups is 5. The molecule has 1 atom stereocenters. The van der Waals surface area contributed by atoms with Crippen molar-refractivity contribution in [3.05, 3.63) is 57.3 Å². The van der Waals surface area contributed by atoms with Crippen molar-refractivity contribution >= 4 is 40.9 Å². The van der Waals surface area contributed by atoms with Gasteiger partial charge in [0.2, 0.25) is 5.91 Å². The second kappa shape index (κ2) is 6.93. The van der Waals surface area contributed by atoms with E-state index in [1.54, 1.807) is 29.6 Å². The maximum absolute atomic E-state index is 13.0. The first-order chi connectivity index (χ1) is 13.8. The molecule has 0 saturated carbocycles. The van der Waals surface area contributed by atoms with E-state index in [0.717, 1.165) is 4.90 Å². The Balaban J connectivity index is 1.56. The maximum Gasteiger partial charge on any atom is 0.262 e. The molecule has 2 aromatic rings. The number of nitrogens with zero attached hydrogens (tertiary/aromatic N) is 1. The van der Waals surface area contributed by atoms with Gasteiger partial charge in [-0.1, -0.05) is 12.1 Å². The minimum absolute atomic E-state index is 0.0512. The topological polar surface area (TPSA) is 113 Å². The minimum atomic E-state index is -1.42. The summed E-state index contributed by atoms with van der Waals surface area (Å²) < 4.78 is 0. The third-order valence-electron chi connectivity index (χ3n) is 5.22. The normalized spacial score (nSPS) is 21.2. The fourth-order valence-corrected chi connectivity index (χ4v) is 4.17. The van der Waals surface area contributed by atoms with Gasteiger partial charge in [-0.3, -0.25) is 34.2 Å². The Hall–Kier alpha value is -3.33. The van der Waals surface area contributed by atoms with E-state index in [1.165, 1.54) is 24.3 Å². The van der Waals surface area contributed by atoms with Crippen LogP contribution in [-0.2, 0) is 16.1 Å². The zero-order valence-corrected chi connectivity index (χ0v) is 16.3. The molecule has 2 N–H and O–H groups in total. The van der Waals surface area contributed by atoms with Gasteiger partial charge in [0.25, 0.3) is 23.6 Å². The lowest BCUT2D eigenvalue weighted by Crippen LogP contribution is -2.62. The lowest BCUT2D eigenvalue weighted by atomic mass is 9.89. The summed E-state index contributed by atoms with van der Waals surface area (Å²) in [5, 5.41) is 6.78. The Morgan fingerprint density at radius 2 is 1.93 bits per heavy atom. The molecule has 1 aromatic heterocycles. The molecule has 2 aliphatic heterocycles. The monoisotopic (exact) mass is 411 g/mol. The predicted molar refractivity (Wildman–Crippen MR) is 103 cm³/mol. The molecule has 8 nitrogen and oxygen atoms in total. The first kappa shape index (κ1) is 19.0. The van der Waals surface area contributed by atoms with Crippen molar-refractivity contribution in [2.45, 2.75) is 31.8 Å². The Morgan fingerprint density at radius 3 is 2.62 bits per heavy atom. The van der Waals surface area contributed by atoms with E-state index in [9.17, 15) is 24.0 Å². The van der Waals surface area contributed by atoms with Crippen LogP contribution in [0.2, 0.25) is 0 Å². The van der Waals surface area contributed by atoms with Crippen LogP contribution in [0.3, 0.4) is 0 Å². The number of piperidine rings is 1. The Bertz CT molecular complexity index is 1060. The van der Waals surface area contributed by atoms with Crippen molar-refractivity contribution in [1.82, 2.24) is 15.5 Å². The smallest absolute Gasteiger partial charge is 0.262 e. The molecule has 0 radical (unpaired) electrons. The molecule has 0 unspecified atom stereocenters. The van der Waals surface area contributed by atoms with E-state index >= 15 is 0 Å². The number of thiophene rings is 1. The number of imide groups is 2. The molecular weight excluding hydrogens is 394 g/mol. The molecule has 4 rings (SSSR count). The molecule has 0 bridgehead atoms. The summed E-state index contributed by atoms with van der Waals surface area (Å²) in [7, 11) is 0. The lowest BCUT2D eigenvalue weighted by Gasteiger charge is -2.38. The summed E-state index contributed by atoms with van der Waals surface area (Å²) >= 11 is 1.32. The molecule has 5 amide bonds. The van der Waals surface area contributed by atoms with Gasteiger partial charge in [0.15, 0.2) is 0 Å². The van der Waals surface area contributed by atoms with Crippen LogP contribution in [0, 0.1) is 0 Å². The Morgan fingerprint density at radius 1 is 1.17 bits per heavy atom.